The van der Waals surface area contributed by atoms with Gasteiger partial charge in [-0.3, -0.25) is 4.79 Å². The molecule has 0 saturated carbocycles. The summed E-state index contributed by atoms with van der Waals surface area (Å²) in [4.78, 5) is 13.7. The molecular weight excluding hydrogens is 436 g/mol. The summed E-state index contributed by atoms with van der Waals surface area (Å²) in [5.41, 5.74) is 1.36. The van der Waals surface area contributed by atoms with Crippen molar-refractivity contribution in [3.63, 3.8) is 0 Å². The molecule has 0 radical (unpaired) electrons. The Morgan fingerprint density at radius 2 is 1.81 bits per heavy atom. The molecule has 0 atom stereocenters. The van der Waals surface area contributed by atoms with Crippen molar-refractivity contribution in [3.05, 3.63) is 39.4 Å². The first-order valence-electron chi connectivity index (χ1n) is 7.81. The third-order valence-corrected chi connectivity index (χ3v) is 5.45. The molecule has 0 fully saturated rings. The monoisotopic (exact) mass is 452 g/mol. The highest BCUT2D eigenvalue weighted by molar-refractivity contribution is 9.11. The first-order valence-corrected chi connectivity index (χ1v) is 9.42. The number of rotatable bonds is 6. The van der Waals surface area contributed by atoms with Gasteiger partial charge in [0.2, 0.25) is 5.75 Å². The molecule has 0 aliphatic rings. The molecule has 0 saturated heterocycles. The first kappa shape index (κ1) is 19.2. The van der Waals surface area contributed by atoms with Gasteiger partial charge in [0.05, 0.1) is 30.0 Å². The van der Waals surface area contributed by atoms with Crippen LogP contribution < -0.4 is 19.5 Å². The van der Waals surface area contributed by atoms with Crippen LogP contribution in [-0.2, 0) is 0 Å². The van der Waals surface area contributed by atoms with Gasteiger partial charge in [-0.05, 0) is 35.0 Å². The van der Waals surface area contributed by atoms with Crippen molar-refractivity contribution in [1.29, 1.82) is 0 Å². The zero-order chi connectivity index (χ0) is 19.6. The maximum Gasteiger partial charge on any atom is 0.261 e. The van der Waals surface area contributed by atoms with Crippen molar-refractivity contribution in [2.75, 3.05) is 26.6 Å². The maximum atomic E-state index is 12.9. The van der Waals surface area contributed by atoms with Crippen LogP contribution in [0.25, 0.3) is 10.6 Å². The number of amides is 1. The molecule has 0 aliphatic carbocycles. The van der Waals surface area contributed by atoms with Crippen LogP contribution in [-0.4, -0.2) is 32.4 Å². The van der Waals surface area contributed by atoms with Gasteiger partial charge in [-0.25, -0.2) is 0 Å². The van der Waals surface area contributed by atoms with Crippen LogP contribution in [0.5, 0.6) is 17.2 Å². The summed E-state index contributed by atoms with van der Waals surface area (Å²) < 4.78 is 22.1. The Morgan fingerprint density at radius 3 is 2.33 bits per heavy atom. The second-order valence-corrected chi connectivity index (χ2v) is 7.90. The number of carbonyl (C=O) groups is 1. The number of thiophene rings is 1. The molecule has 3 aromatic rings. The highest BCUT2D eigenvalue weighted by Crippen LogP contribution is 2.40. The van der Waals surface area contributed by atoms with Crippen LogP contribution in [0.1, 0.15) is 16.1 Å². The number of ether oxygens (including phenoxy) is 3. The first-order chi connectivity index (χ1) is 13.0. The van der Waals surface area contributed by atoms with E-state index in [1.165, 1.54) is 32.7 Å². The summed E-state index contributed by atoms with van der Waals surface area (Å²) in [5, 5.41) is 6.88. The molecule has 0 aliphatic heterocycles. The minimum atomic E-state index is -0.345. The largest absolute Gasteiger partial charge is 0.493 e. The molecule has 7 nitrogen and oxygen atoms in total. The van der Waals surface area contributed by atoms with Crippen molar-refractivity contribution in [2.45, 2.75) is 6.92 Å². The topological polar surface area (TPSA) is 82.8 Å². The van der Waals surface area contributed by atoms with E-state index in [-0.39, 0.29) is 5.91 Å². The highest BCUT2D eigenvalue weighted by Gasteiger charge is 2.24. The second kappa shape index (κ2) is 8.01. The predicted octanol–water partition coefficient (Wildman–Crippen LogP) is 4.75. The summed E-state index contributed by atoms with van der Waals surface area (Å²) in [6, 6.07) is 7.08. The number of carbonyl (C=O) groups excluding carboxylic acids is 1. The van der Waals surface area contributed by atoms with E-state index in [4.69, 9.17) is 18.7 Å². The van der Waals surface area contributed by atoms with Gasteiger partial charge < -0.3 is 24.1 Å². The third kappa shape index (κ3) is 3.79. The van der Waals surface area contributed by atoms with Gasteiger partial charge >= 0.3 is 0 Å². The molecule has 2 aromatic heterocycles. The Bertz CT molecular complexity index is 957. The Balaban J connectivity index is 1.96. The Kier molecular flexibility index (Phi) is 5.71. The van der Waals surface area contributed by atoms with E-state index >= 15 is 0 Å². The molecule has 3 rings (SSSR count). The van der Waals surface area contributed by atoms with Crippen molar-refractivity contribution >= 4 is 38.9 Å². The van der Waals surface area contributed by atoms with Gasteiger partial charge in [0.25, 0.3) is 5.91 Å². The number of anilines is 1. The second-order valence-electron chi connectivity index (χ2n) is 5.43. The summed E-state index contributed by atoms with van der Waals surface area (Å²) in [5.74, 6) is 1.42. The molecule has 0 unspecified atom stereocenters. The minimum absolute atomic E-state index is 0.345. The molecule has 27 heavy (non-hydrogen) atoms. The van der Waals surface area contributed by atoms with Crippen molar-refractivity contribution in [1.82, 2.24) is 5.16 Å². The lowest BCUT2D eigenvalue weighted by atomic mass is 10.1. The molecule has 142 valence electrons. The summed E-state index contributed by atoms with van der Waals surface area (Å²) in [6.45, 7) is 1.70. The van der Waals surface area contributed by atoms with E-state index in [1.54, 1.807) is 19.1 Å². The van der Waals surface area contributed by atoms with Crippen molar-refractivity contribution in [2.24, 2.45) is 0 Å². The number of aryl methyl sites for hydroxylation is 1. The van der Waals surface area contributed by atoms with E-state index < -0.39 is 0 Å². The number of hydrogen-bond acceptors (Lipinski definition) is 7. The summed E-state index contributed by atoms with van der Waals surface area (Å²) in [6.07, 6.45) is 0. The van der Waals surface area contributed by atoms with Crippen LogP contribution in [0.4, 0.5) is 5.69 Å². The average molecular weight is 453 g/mol. The smallest absolute Gasteiger partial charge is 0.261 e. The molecular formula is C18H17BrN2O5S. The zero-order valence-electron chi connectivity index (χ0n) is 15.1. The van der Waals surface area contributed by atoms with Gasteiger partial charge in [-0.15, -0.1) is 11.3 Å². The Morgan fingerprint density at radius 1 is 1.15 bits per heavy atom. The van der Waals surface area contributed by atoms with E-state index in [2.05, 4.69) is 26.4 Å². The number of benzene rings is 1. The van der Waals surface area contributed by atoms with Crippen LogP contribution >= 0.6 is 27.3 Å². The molecule has 1 aromatic carbocycles. The fourth-order valence-corrected chi connectivity index (χ4v) is 3.97. The average Bonchev–Trinajstić information content (AvgIpc) is 3.26. The Hall–Kier alpha value is -2.52. The van der Waals surface area contributed by atoms with Gasteiger partial charge in [0.15, 0.2) is 11.5 Å². The summed E-state index contributed by atoms with van der Waals surface area (Å²) >= 11 is 4.88. The number of nitrogens with one attached hydrogen (secondary N) is 1. The molecule has 1 amide bonds. The third-order valence-electron chi connectivity index (χ3n) is 3.82. The molecule has 0 spiro atoms. The number of nitrogens with zero attached hydrogens (tertiary/aromatic N) is 1. The van der Waals surface area contributed by atoms with Gasteiger partial charge in [0.1, 0.15) is 17.0 Å². The quantitative estimate of drug-likeness (QED) is 0.580. The zero-order valence-corrected chi connectivity index (χ0v) is 17.5. The summed E-state index contributed by atoms with van der Waals surface area (Å²) in [7, 11) is 4.55. The lowest BCUT2D eigenvalue weighted by Gasteiger charge is -2.14. The Labute approximate surface area is 168 Å². The molecule has 0 bridgehead atoms. The lowest BCUT2D eigenvalue weighted by molar-refractivity contribution is 0.102. The van der Waals surface area contributed by atoms with Crippen LogP contribution in [0.3, 0.4) is 0 Å². The number of hydrogen-bond donors (Lipinski definition) is 1. The van der Waals surface area contributed by atoms with E-state index in [1.807, 2.05) is 12.1 Å². The number of aromatic nitrogens is 1. The standard InChI is InChI=1S/C18H17BrN2O5S/c1-9-15(16(21-26-9)13-5-6-14(19)27-13)18(22)20-10-7-11(23-2)17(25-4)12(8-10)24-3/h5-8H,1-4H3,(H,20,22). The van der Waals surface area contributed by atoms with E-state index in [9.17, 15) is 4.79 Å². The van der Waals surface area contributed by atoms with Crippen molar-refractivity contribution in [3.8, 4) is 27.8 Å². The van der Waals surface area contributed by atoms with Gasteiger partial charge in [0, 0.05) is 17.8 Å². The van der Waals surface area contributed by atoms with Crippen LogP contribution in [0.2, 0.25) is 0 Å². The van der Waals surface area contributed by atoms with E-state index in [0.29, 0.717) is 40.0 Å². The van der Waals surface area contributed by atoms with Gasteiger partial charge in [-0.1, -0.05) is 5.16 Å². The molecule has 1 N–H and O–H groups in total. The fraction of sp³-hybridized carbons (Fsp3) is 0.222. The number of halogens is 1. The van der Waals surface area contributed by atoms with Crippen LogP contribution in [0, 0.1) is 6.92 Å². The van der Waals surface area contributed by atoms with Crippen molar-refractivity contribution < 1.29 is 23.5 Å². The fourth-order valence-electron chi connectivity index (χ4n) is 2.60. The predicted molar refractivity (Wildman–Crippen MR) is 106 cm³/mol. The van der Waals surface area contributed by atoms with E-state index in [0.717, 1.165) is 8.66 Å². The SMILES string of the molecule is COc1cc(NC(=O)c2c(-c3ccc(Br)s3)noc2C)cc(OC)c1OC. The molecule has 9 heteroatoms. The maximum absolute atomic E-state index is 12.9. The lowest BCUT2D eigenvalue weighted by Crippen LogP contribution is -2.13. The highest BCUT2D eigenvalue weighted by atomic mass is 79.9. The van der Waals surface area contributed by atoms with Gasteiger partial charge in [-0.2, -0.15) is 0 Å². The minimum Gasteiger partial charge on any atom is -0.493 e. The van der Waals surface area contributed by atoms with Crippen LogP contribution in [0.15, 0.2) is 32.6 Å². The number of methoxy groups -OCH3 is 3. The molecule has 2 heterocycles. The normalized spacial score (nSPS) is 10.6.